The molecular formula is C56H37N. The fraction of sp³-hybridized carbons (Fsp3) is 0.0357. The molecule has 2 atom stereocenters. The lowest BCUT2D eigenvalue weighted by molar-refractivity contribution is 1.01. The highest BCUT2D eigenvalue weighted by Crippen LogP contribution is 2.53. The first-order valence-corrected chi connectivity index (χ1v) is 20.0. The highest BCUT2D eigenvalue weighted by atomic mass is 15.0. The van der Waals surface area contributed by atoms with Crippen LogP contribution in [-0.2, 0) is 0 Å². The van der Waals surface area contributed by atoms with E-state index in [1.807, 2.05) is 0 Å². The highest BCUT2D eigenvalue weighted by Gasteiger charge is 2.33. The van der Waals surface area contributed by atoms with Crippen LogP contribution in [0.15, 0.2) is 212 Å². The van der Waals surface area contributed by atoms with Gasteiger partial charge < -0.3 is 4.57 Å². The third-order valence-corrected chi connectivity index (χ3v) is 12.6. The molecule has 266 valence electrons. The van der Waals surface area contributed by atoms with Crippen LogP contribution in [0.2, 0.25) is 0 Å². The quantitative estimate of drug-likeness (QED) is 0.167. The van der Waals surface area contributed by atoms with E-state index in [-0.39, 0.29) is 11.8 Å². The average molecular weight is 724 g/mol. The summed E-state index contributed by atoms with van der Waals surface area (Å²) >= 11 is 0. The Labute approximate surface area is 332 Å². The molecule has 57 heavy (non-hydrogen) atoms. The number of aromatic nitrogens is 1. The maximum Gasteiger partial charge on any atom is 0.0541 e. The predicted octanol–water partition coefficient (Wildman–Crippen LogP) is 14.4. The number of nitrogens with zero attached hydrogens (tertiary/aromatic N) is 1. The lowest BCUT2D eigenvalue weighted by atomic mass is 9.83. The Morgan fingerprint density at radius 1 is 0.281 bits per heavy atom. The maximum atomic E-state index is 2.46. The molecule has 0 radical (unpaired) electrons. The normalized spacial score (nSPS) is 15.0. The Kier molecular flexibility index (Phi) is 7.12. The predicted molar refractivity (Wildman–Crippen MR) is 237 cm³/mol. The summed E-state index contributed by atoms with van der Waals surface area (Å²) in [4.78, 5) is 0. The van der Waals surface area contributed by atoms with Gasteiger partial charge in [0.1, 0.15) is 0 Å². The Morgan fingerprint density at radius 2 is 0.737 bits per heavy atom. The standard InChI is InChI=1S/C56H37N/c1-2-14-36(15-3-1)37-26-28-38(29-27-37)55-47-22-8-5-17-42(47)51-34-39(30-32-49(51)55)41-16-4-7-21-46(41)56-48-23-9-6-18-43(48)52-35-40(31-33-50(52)56)57-53-24-12-10-19-44(53)45-20-11-13-25-54(45)57/h1-35,55-56H. The molecule has 0 spiro atoms. The first-order chi connectivity index (χ1) is 28.3. The zero-order chi connectivity index (χ0) is 37.5. The second kappa shape index (κ2) is 12.7. The zero-order valence-corrected chi connectivity index (χ0v) is 31.3. The van der Waals surface area contributed by atoms with Gasteiger partial charge in [-0.05, 0) is 108 Å². The van der Waals surface area contributed by atoms with Gasteiger partial charge in [0.25, 0.3) is 0 Å². The van der Waals surface area contributed by atoms with Crippen LogP contribution in [-0.4, -0.2) is 4.57 Å². The third-order valence-electron chi connectivity index (χ3n) is 12.6. The van der Waals surface area contributed by atoms with Crippen molar-refractivity contribution in [1.29, 1.82) is 0 Å². The molecule has 1 nitrogen and oxygen atoms in total. The van der Waals surface area contributed by atoms with Crippen LogP contribution in [0.4, 0.5) is 0 Å². The number of hydrogen-bond donors (Lipinski definition) is 0. The number of hydrogen-bond acceptors (Lipinski definition) is 0. The third kappa shape index (κ3) is 4.89. The molecule has 0 fully saturated rings. The minimum absolute atomic E-state index is 0.121. The molecule has 10 aromatic rings. The second-order valence-electron chi connectivity index (χ2n) is 15.6. The van der Waals surface area contributed by atoms with Crippen LogP contribution in [0, 0.1) is 0 Å². The van der Waals surface area contributed by atoms with Gasteiger partial charge in [-0.3, -0.25) is 0 Å². The average Bonchev–Trinajstić information content (AvgIpc) is 3.92. The molecule has 0 amide bonds. The summed E-state index contributed by atoms with van der Waals surface area (Å²) in [6.45, 7) is 0. The van der Waals surface area contributed by atoms with E-state index >= 15 is 0 Å². The van der Waals surface area contributed by atoms with Gasteiger partial charge in [0.15, 0.2) is 0 Å². The molecule has 0 aliphatic heterocycles. The van der Waals surface area contributed by atoms with Crippen LogP contribution < -0.4 is 0 Å². The fourth-order valence-corrected chi connectivity index (χ4v) is 10.1. The molecule has 0 saturated heterocycles. The molecule has 0 N–H and O–H groups in total. The number of para-hydroxylation sites is 2. The largest absolute Gasteiger partial charge is 0.309 e. The number of fused-ring (bicyclic) bond motifs is 9. The number of rotatable bonds is 5. The molecule has 1 aromatic heterocycles. The molecule has 2 unspecified atom stereocenters. The molecule has 2 aliphatic carbocycles. The van der Waals surface area contributed by atoms with E-state index in [0.717, 1.165) is 0 Å². The van der Waals surface area contributed by atoms with Crippen molar-refractivity contribution >= 4 is 21.8 Å². The highest BCUT2D eigenvalue weighted by molar-refractivity contribution is 6.09. The first kappa shape index (κ1) is 32.1. The van der Waals surface area contributed by atoms with Crippen molar-refractivity contribution in [3.63, 3.8) is 0 Å². The monoisotopic (exact) mass is 723 g/mol. The van der Waals surface area contributed by atoms with E-state index in [1.54, 1.807) is 0 Å². The van der Waals surface area contributed by atoms with Crippen molar-refractivity contribution in [2.45, 2.75) is 11.8 Å². The summed E-state index contributed by atoms with van der Waals surface area (Å²) in [5.41, 5.74) is 22.1. The first-order valence-electron chi connectivity index (χ1n) is 20.0. The summed E-state index contributed by atoms with van der Waals surface area (Å²) in [6, 6.07) is 78.9. The molecule has 2 aliphatic rings. The van der Waals surface area contributed by atoms with Crippen LogP contribution in [0.3, 0.4) is 0 Å². The Balaban J connectivity index is 0.971. The van der Waals surface area contributed by atoms with Gasteiger partial charge >= 0.3 is 0 Å². The Hall–Kier alpha value is -7.22. The summed E-state index contributed by atoms with van der Waals surface area (Å²) in [6.07, 6.45) is 0. The van der Waals surface area contributed by atoms with Crippen LogP contribution in [0.5, 0.6) is 0 Å². The van der Waals surface area contributed by atoms with E-state index in [1.165, 1.54) is 105 Å². The van der Waals surface area contributed by atoms with Gasteiger partial charge in [-0.2, -0.15) is 0 Å². The second-order valence-corrected chi connectivity index (χ2v) is 15.6. The van der Waals surface area contributed by atoms with Crippen molar-refractivity contribution in [3.8, 4) is 50.2 Å². The Bertz CT molecular complexity index is 3130. The van der Waals surface area contributed by atoms with Crippen molar-refractivity contribution < 1.29 is 0 Å². The summed E-state index contributed by atoms with van der Waals surface area (Å²) in [5, 5.41) is 2.56. The van der Waals surface area contributed by atoms with E-state index in [4.69, 9.17) is 0 Å². The van der Waals surface area contributed by atoms with Gasteiger partial charge in [-0.15, -0.1) is 0 Å². The van der Waals surface area contributed by atoms with Gasteiger partial charge in [0.2, 0.25) is 0 Å². The summed E-state index contributed by atoms with van der Waals surface area (Å²) < 4.78 is 2.43. The minimum Gasteiger partial charge on any atom is -0.309 e. The fourth-order valence-electron chi connectivity index (χ4n) is 10.1. The van der Waals surface area contributed by atoms with Crippen molar-refractivity contribution in [2.24, 2.45) is 0 Å². The Morgan fingerprint density at radius 3 is 1.42 bits per heavy atom. The van der Waals surface area contributed by atoms with Crippen LogP contribution in [0.1, 0.15) is 45.2 Å². The van der Waals surface area contributed by atoms with Crippen LogP contribution >= 0.6 is 0 Å². The number of benzene rings is 9. The topological polar surface area (TPSA) is 4.93 Å². The van der Waals surface area contributed by atoms with E-state index in [2.05, 4.69) is 217 Å². The smallest absolute Gasteiger partial charge is 0.0541 e. The van der Waals surface area contributed by atoms with Crippen molar-refractivity contribution in [2.75, 3.05) is 0 Å². The molecule has 0 bridgehead atoms. The SMILES string of the molecule is c1ccc(-c2ccc(C3c4ccccc4-c4cc(-c5ccccc5C5c6ccccc6-c6cc(-n7c8ccccc8c8ccccc87)ccc65)ccc43)cc2)cc1. The zero-order valence-electron chi connectivity index (χ0n) is 31.3. The van der Waals surface area contributed by atoms with E-state index in [0.29, 0.717) is 0 Å². The molecule has 12 rings (SSSR count). The van der Waals surface area contributed by atoms with Gasteiger partial charge in [0.05, 0.1) is 11.0 Å². The molecule has 1 heteroatoms. The summed E-state index contributed by atoms with van der Waals surface area (Å²) in [7, 11) is 0. The molecule has 0 saturated carbocycles. The maximum absolute atomic E-state index is 2.46. The lowest BCUT2D eigenvalue weighted by Gasteiger charge is -2.20. The summed E-state index contributed by atoms with van der Waals surface area (Å²) in [5.74, 6) is 0.318. The molecule has 9 aromatic carbocycles. The van der Waals surface area contributed by atoms with Gasteiger partial charge in [-0.1, -0.05) is 182 Å². The minimum atomic E-state index is 0.121. The van der Waals surface area contributed by atoms with Crippen LogP contribution in [0.25, 0.3) is 72.0 Å². The van der Waals surface area contributed by atoms with Crippen molar-refractivity contribution in [1.82, 2.24) is 4.57 Å². The molecular weight excluding hydrogens is 687 g/mol. The van der Waals surface area contributed by atoms with Gasteiger partial charge in [-0.25, -0.2) is 0 Å². The van der Waals surface area contributed by atoms with Gasteiger partial charge in [0, 0.05) is 28.3 Å². The molecule has 1 heterocycles. The van der Waals surface area contributed by atoms with E-state index in [9.17, 15) is 0 Å². The van der Waals surface area contributed by atoms with E-state index < -0.39 is 0 Å². The lowest BCUT2D eigenvalue weighted by Crippen LogP contribution is -2.02. The van der Waals surface area contributed by atoms with Crippen molar-refractivity contribution in [3.05, 3.63) is 246 Å².